The third kappa shape index (κ3) is 3.66. The second kappa shape index (κ2) is 6.87. The Morgan fingerprint density at radius 2 is 2.00 bits per heavy atom. The van der Waals surface area contributed by atoms with Gasteiger partial charge in [-0.15, -0.1) is 0 Å². The lowest BCUT2D eigenvalue weighted by Gasteiger charge is -2.12. The average molecular weight is 363 g/mol. The zero-order valence-corrected chi connectivity index (χ0v) is 13.1. The molecule has 2 N–H and O–H groups in total. The molecule has 0 aliphatic rings. The number of nitrogens with zero attached hydrogens (tertiary/aromatic N) is 2. The number of H-pyrrole nitrogens is 1. The number of allylic oxidation sites excluding steroid dienone is 1. The Bertz CT molecular complexity index is 944. The molecular formula is C17H12F3N3O3. The third-order valence-corrected chi connectivity index (χ3v) is 3.60. The van der Waals surface area contributed by atoms with Crippen molar-refractivity contribution in [2.45, 2.75) is 12.6 Å². The van der Waals surface area contributed by atoms with Crippen LogP contribution >= 0.6 is 0 Å². The molecule has 3 rings (SSSR count). The van der Waals surface area contributed by atoms with Gasteiger partial charge in [-0.05, 0) is 17.7 Å². The molecule has 134 valence electrons. The van der Waals surface area contributed by atoms with Gasteiger partial charge >= 0.3 is 6.18 Å². The minimum absolute atomic E-state index is 0.0129. The minimum Gasteiger partial charge on any atom is -0.504 e. The SMILES string of the molecule is O=C(C=C(O)c1ncn[nH]1)c1occc1Cc1ccccc1C(F)(F)F. The maximum Gasteiger partial charge on any atom is 0.416 e. The Hall–Kier alpha value is -3.36. The number of benzene rings is 1. The number of furan rings is 1. The van der Waals surface area contributed by atoms with E-state index in [1.165, 1.54) is 30.5 Å². The first-order chi connectivity index (χ1) is 12.4. The Labute approximate surface area is 145 Å². The molecule has 2 heterocycles. The number of carbonyl (C=O) groups is 1. The van der Waals surface area contributed by atoms with Crippen molar-refractivity contribution in [3.05, 3.63) is 77.3 Å². The lowest BCUT2D eigenvalue weighted by molar-refractivity contribution is -0.138. The van der Waals surface area contributed by atoms with Crippen molar-refractivity contribution in [2.75, 3.05) is 0 Å². The van der Waals surface area contributed by atoms with Crippen LogP contribution in [0.2, 0.25) is 0 Å². The van der Waals surface area contributed by atoms with Crippen molar-refractivity contribution >= 4 is 11.5 Å². The van der Waals surface area contributed by atoms with Gasteiger partial charge in [0, 0.05) is 18.1 Å². The summed E-state index contributed by atoms with van der Waals surface area (Å²) in [5.41, 5.74) is -0.494. The van der Waals surface area contributed by atoms with E-state index in [0.717, 1.165) is 18.5 Å². The van der Waals surface area contributed by atoms with E-state index in [2.05, 4.69) is 15.2 Å². The first kappa shape index (κ1) is 17.5. The molecule has 0 saturated carbocycles. The summed E-state index contributed by atoms with van der Waals surface area (Å²) in [5, 5.41) is 15.7. The van der Waals surface area contributed by atoms with Crippen LogP contribution in [-0.2, 0) is 12.6 Å². The summed E-state index contributed by atoms with van der Waals surface area (Å²) in [6.07, 6.45) is -1.44. The summed E-state index contributed by atoms with van der Waals surface area (Å²) in [7, 11) is 0. The Kier molecular flexibility index (Phi) is 4.61. The Morgan fingerprint density at radius 3 is 2.69 bits per heavy atom. The van der Waals surface area contributed by atoms with Gasteiger partial charge in [-0.25, -0.2) is 4.98 Å². The van der Waals surface area contributed by atoms with Crippen LogP contribution < -0.4 is 0 Å². The summed E-state index contributed by atoms with van der Waals surface area (Å²) >= 11 is 0. The summed E-state index contributed by atoms with van der Waals surface area (Å²) in [5.74, 6) is -1.35. The number of aliphatic hydroxyl groups excluding tert-OH is 1. The number of alkyl halides is 3. The highest BCUT2D eigenvalue weighted by molar-refractivity contribution is 6.06. The number of aliphatic hydroxyl groups is 1. The van der Waals surface area contributed by atoms with Crippen LogP contribution in [0.5, 0.6) is 0 Å². The molecule has 0 atom stereocenters. The molecule has 2 aromatic heterocycles. The number of hydrogen-bond donors (Lipinski definition) is 2. The van der Waals surface area contributed by atoms with Gasteiger partial charge in [-0.2, -0.15) is 18.3 Å². The average Bonchev–Trinajstić information content (AvgIpc) is 3.26. The predicted octanol–water partition coefficient (Wildman–Crippen LogP) is 3.79. The van der Waals surface area contributed by atoms with E-state index < -0.39 is 23.3 Å². The van der Waals surface area contributed by atoms with Gasteiger partial charge in [0.2, 0.25) is 5.78 Å². The van der Waals surface area contributed by atoms with Gasteiger partial charge in [0.25, 0.3) is 0 Å². The number of ketones is 1. The molecule has 6 nitrogen and oxygen atoms in total. The van der Waals surface area contributed by atoms with Gasteiger partial charge in [-0.1, -0.05) is 18.2 Å². The molecule has 0 aliphatic carbocycles. The Balaban J connectivity index is 1.89. The van der Waals surface area contributed by atoms with Crippen molar-refractivity contribution in [2.24, 2.45) is 0 Å². The first-order valence-electron chi connectivity index (χ1n) is 7.38. The molecule has 0 radical (unpaired) electrons. The van der Waals surface area contributed by atoms with Crippen molar-refractivity contribution in [1.82, 2.24) is 15.2 Å². The maximum absolute atomic E-state index is 13.1. The van der Waals surface area contributed by atoms with Gasteiger partial charge in [0.1, 0.15) is 6.33 Å². The number of halogens is 3. The normalized spacial score (nSPS) is 12.3. The molecule has 1 aromatic carbocycles. The summed E-state index contributed by atoms with van der Waals surface area (Å²) < 4.78 is 44.5. The van der Waals surface area contributed by atoms with Crippen LogP contribution in [0.15, 0.2) is 53.4 Å². The lowest BCUT2D eigenvalue weighted by atomic mass is 9.98. The maximum atomic E-state index is 13.1. The van der Waals surface area contributed by atoms with Crippen molar-refractivity contribution in [3.8, 4) is 0 Å². The molecule has 9 heteroatoms. The highest BCUT2D eigenvalue weighted by atomic mass is 19.4. The number of carbonyl (C=O) groups excluding carboxylic acids is 1. The van der Waals surface area contributed by atoms with Crippen LogP contribution in [-0.4, -0.2) is 26.1 Å². The number of nitrogens with one attached hydrogen (secondary N) is 1. The van der Waals surface area contributed by atoms with Gasteiger partial charge in [-0.3, -0.25) is 9.89 Å². The zero-order chi connectivity index (χ0) is 18.7. The second-order valence-electron chi connectivity index (χ2n) is 5.33. The summed E-state index contributed by atoms with van der Waals surface area (Å²) in [4.78, 5) is 16.0. The second-order valence-corrected chi connectivity index (χ2v) is 5.33. The first-order valence-corrected chi connectivity index (χ1v) is 7.38. The standard InChI is InChI=1S/C17H12F3N3O3/c18-17(19,20)12-4-2-1-3-10(12)7-11-5-6-26-15(11)13(24)8-14(25)16-21-9-22-23-16/h1-6,8-9,25H,7H2,(H,21,22,23). The highest BCUT2D eigenvalue weighted by Crippen LogP contribution is 2.33. The van der Waals surface area contributed by atoms with Gasteiger partial charge in [0.05, 0.1) is 11.8 Å². The number of aromatic nitrogens is 3. The van der Waals surface area contributed by atoms with Crippen LogP contribution in [0.3, 0.4) is 0 Å². The third-order valence-electron chi connectivity index (χ3n) is 3.60. The van der Waals surface area contributed by atoms with Crippen LogP contribution in [0.25, 0.3) is 5.76 Å². The van der Waals surface area contributed by atoms with Crippen molar-refractivity contribution in [1.29, 1.82) is 0 Å². The molecule has 0 unspecified atom stereocenters. The molecule has 0 aliphatic heterocycles. The van der Waals surface area contributed by atoms with E-state index in [1.54, 1.807) is 0 Å². The topological polar surface area (TPSA) is 92.0 Å². The minimum atomic E-state index is -4.51. The Morgan fingerprint density at radius 1 is 1.23 bits per heavy atom. The van der Waals surface area contributed by atoms with Crippen LogP contribution in [0.1, 0.15) is 33.1 Å². The van der Waals surface area contributed by atoms with Crippen molar-refractivity contribution < 1.29 is 27.5 Å². The van der Waals surface area contributed by atoms with Gasteiger partial charge in [0.15, 0.2) is 17.3 Å². The summed E-state index contributed by atoms with van der Waals surface area (Å²) in [6, 6.07) is 6.52. The largest absolute Gasteiger partial charge is 0.504 e. The van der Waals surface area contributed by atoms with E-state index in [1.807, 2.05) is 0 Å². The lowest BCUT2D eigenvalue weighted by Crippen LogP contribution is -2.10. The van der Waals surface area contributed by atoms with E-state index in [0.29, 0.717) is 0 Å². The quantitative estimate of drug-likeness (QED) is 0.409. The molecule has 0 spiro atoms. The zero-order valence-electron chi connectivity index (χ0n) is 13.1. The number of rotatable bonds is 5. The molecular weight excluding hydrogens is 351 g/mol. The highest BCUT2D eigenvalue weighted by Gasteiger charge is 2.33. The molecule has 0 fully saturated rings. The van der Waals surface area contributed by atoms with Crippen LogP contribution in [0, 0.1) is 0 Å². The van der Waals surface area contributed by atoms with E-state index in [-0.39, 0.29) is 29.1 Å². The van der Waals surface area contributed by atoms with Crippen LogP contribution in [0.4, 0.5) is 13.2 Å². The fourth-order valence-electron chi connectivity index (χ4n) is 2.43. The number of hydrogen-bond acceptors (Lipinski definition) is 5. The fourth-order valence-corrected chi connectivity index (χ4v) is 2.43. The monoisotopic (exact) mass is 363 g/mol. The molecule has 26 heavy (non-hydrogen) atoms. The molecule has 3 aromatic rings. The van der Waals surface area contributed by atoms with Crippen molar-refractivity contribution in [3.63, 3.8) is 0 Å². The molecule has 0 saturated heterocycles. The van der Waals surface area contributed by atoms with E-state index >= 15 is 0 Å². The van der Waals surface area contributed by atoms with Gasteiger partial charge < -0.3 is 9.52 Å². The van der Waals surface area contributed by atoms with E-state index in [4.69, 9.17) is 4.42 Å². The molecule has 0 amide bonds. The predicted molar refractivity (Wildman–Crippen MR) is 84.3 cm³/mol. The molecule has 0 bridgehead atoms. The number of aromatic amines is 1. The summed E-state index contributed by atoms with van der Waals surface area (Å²) in [6.45, 7) is 0. The van der Waals surface area contributed by atoms with E-state index in [9.17, 15) is 23.1 Å². The fraction of sp³-hybridized carbons (Fsp3) is 0.118. The smallest absolute Gasteiger partial charge is 0.416 e.